The van der Waals surface area contributed by atoms with Crippen LogP contribution >= 0.6 is 0 Å². The van der Waals surface area contributed by atoms with E-state index in [0.29, 0.717) is 22.3 Å². The van der Waals surface area contributed by atoms with Crippen LogP contribution in [0.15, 0.2) is 58.1 Å². The summed E-state index contributed by atoms with van der Waals surface area (Å²) in [5.41, 5.74) is 1.22. The largest absolute Gasteiger partial charge is 0.619 e. The van der Waals surface area contributed by atoms with E-state index < -0.39 is 52.3 Å². The van der Waals surface area contributed by atoms with Crippen molar-refractivity contribution in [1.29, 1.82) is 0 Å². The lowest BCUT2D eigenvalue weighted by atomic mass is 10.0. The first-order valence-electron chi connectivity index (χ1n) is 12.8. The van der Waals surface area contributed by atoms with Crippen LogP contribution in [0.2, 0.25) is 0 Å². The van der Waals surface area contributed by atoms with E-state index >= 15 is 0 Å². The van der Waals surface area contributed by atoms with Crippen molar-refractivity contribution in [2.45, 2.75) is 56.6 Å². The van der Waals surface area contributed by atoms with Gasteiger partial charge in [0.15, 0.2) is 23.9 Å². The molecule has 11 nitrogen and oxygen atoms in total. The molecule has 0 bridgehead atoms. The molecule has 2 aliphatic heterocycles. The fourth-order valence-corrected chi connectivity index (χ4v) is 7.20. The van der Waals surface area contributed by atoms with E-state index in [9.17, 15) is 28.0 Å². The van der Waals surface area contributed by atoms with Crippen LogP contribution in [0.5, 0.6) is 0 Å². The van der Waals surface area contributed by atoms with Gasteiger partial charge in [0.05, 0.1) is 12.6 Å². The van der Waals surface area contributed by atoms with Crippen molar-refractivity contribution in [3.63, 3.8) is 0 Å². The second-order valence-electron chi connectivity index (χ2n) is 10.5. The lowest BCUT2D eigenvalue weighted by molar-refractivity contribution is -0.607. The summed E-state index contributed by atoms with van der Waals surface area (Å²) in [6, 6.07) is 7.24. The minimum atomic E-state index is -4.14. The fourth-order valence-electron chi connectivity index (χ4n) is 5.57. The van der Waals surface area contributed by atoms with Crippen LogP contribution in [0.1, 0.15) is 42.8 Å². The highest BCUT2D eigenvalue weighted by molar-refractivity contribution is 7.89. The molecule has 4 heterocycles. The molecule has 0 spiro atoms. The van der Waals surface area contributed by atoms with Gasteiger partial charge in [-0.15, -0.1) is 0 Å². The molecule has 1 N–H and O–H groups in total. The number of nitrogens with one attached hydrogen (secondary N) is 1. The minimum Gasteiger partial charge on any atom is -0.619 e. The van der Waals surface area contributed by atoms with Gasteiger partial charge in [-0.25, -0.2) is 8.42 Å². The van der Waals surface area contributed by atoms with Crippen molar-refractivity contribution >= 4 is 38.6 Å². The number of aryl methyl sites for hydroxylation is 1. The Bertz CT molecular complexity index is 1570. The summed E-state index contributed by atoms with van der Waals surface area (Å²) in [5, 5.41) is 15.3. The normalized spacial score (nSPS) is 20.5. The number of benzene rings is 1. The van der Waals surface area contributed by atoms with Crippen molar-refractivity contribution in [2.24, 2.45) is 5.92 Å². The highest BCUT2D eigenvalue weighted by Gasteiger charge is 2.54. The third-order valence-corrected chi connectivity index (χ3v) is 9.23. The topological polar surface area (TPSA) is 144 Å². The van der Waals surface area contributed by atoms with Gasteiger partial charge in [-0.1, -0.05) is 32.0 Å². The van der Waals surface area contributed by atoms with Crippen molar-refractivity contribution in [1.82, 2.24) is 14.5 Å². The maximum absolute atomic E-state index is 13.8. The second kappa shape index (κ2) is 10.1. The number of Topliss-reactive ketones (excluding diaryl/α,β-unsaturated/α-hetero) is 1. The molecule has 5 rings (SSSR count). The van der Waals surface area contributed by atoms with Crippen LogP contribution < -0.4 is 10.0 Å². The molecule has 1 aromatic carbocycles. The number of furan rings is 1. The number of aromatic nitrogens is 1. The number of pyridine rings is 1. The van der Waals surface area contributed by atoms with Gasteiger partial charge in [-0.2, -0.15) is 9.04 Å². The summed E-state index contributed by atoms with van der Waals surface area (Å²) in [4.78, 5) is 41.3. The number of para-hydroxylation sites is 1. The molecule has 0 radical (unpaired) electrons. The van der Waals surface area contributed by atoms with Gasteiger partial charge in [0.1, 0.15) is 22.6 Å². The zero-order valence-electron chi connectivity index (χ0n) is 21.9. The zero-order chi connectivity index (χ0) is 28.1. The van der Waals surface area contributed by atoms with Crippen molar-refractivity contribution < 1.29 is 31.9 Å². The zero-order valence-corrected chi connectivity index (χ0v) is 22.7. The third-order valence-electron chi connectivity index (χ3n) is 7.38. The summed E-state index contributed by atoms with van der Waals surface area (Å²) in [6.07, 6.45) is 2.69. The van der Waals surface area contributed by atoms with E-state index in [1.165, 1.54) is 23.2 Å². The summed E-state index contributed by atoms with van der Waals surface area (Å²) >= 11 is 0. The number of amides is 2. The fraction of sp³-hybridized carbons (Fsp3) is 0.407. The lowest BCUT2D eigenvalue weighted by Crippen LogP contribution is -2.53. The van der Waals surface area contributed by atoms with Crippen LogP contribution in [-0.2, 0) is 19.6 Å². The summed E-state index contributed by atoms with van der Waals surface area (Å²) < 4.78 is 33.8. The predicted molar refractivity (Wildman–Crippen MR) is 140 cm³/mol. The Kier molecular flexibility index (Phi) is 6.93. The quantitative estimate of drug-likeness (QED) is 0.346. The van der Waals surface area contributed by atoms with E-state index in [-0.39, 0.29) is 29.5 Å². The monoisotopic (exact) mass is 554 g/mol. The maximum atomic E-state index is 13.8. The average molecular weight is 555 g/mol. The van der Waals surface area contributed by atoms with Crippen LogP contribution in [0.25, 0.3) is 11.0 Å². The molecular weight excluding hydrogens is 524 g/mol. The van der Waals surface area contributed by atoms with Gasteiger partial charge >= 0.3 is 0 Å². The minimum absolute atomic E-state index is 0.0439. The van der Waals surface area contributed by atoms with Crippen LogP contribution in [0, 0.1) is 18.0 Å². The number of carbonyl (C=O) groups is 3. The first-order valence-corrected chi connectivity index (χ1v) is 14.3. The van der Waals surface area contributed by atoms with Gasteiger partial charge in [-0.3, -0.25) is 14.4 Å². The Morgan fingerprint density at radius 1 is 1.21 bits per heavy atom. The summed E-state index contributed by atoms with van der Waals surface area (Å²) in [6.45, 7) is 5.38. The van der Waals surface area contributed by atoms with Crippen LogP contribution in [-0.4, -0.2) is 66.4 Å². The molecule has 206 valence electrons. The van der Waals surface area contributed by atoms with Gasteiger partial charge < -0.3 is 19.8 Å². The predicted octanol–water partition coefficient (Wildman–Crippen LogP) is 1.76. The average Bonchev–Trinajstić information content (AvgIpc) is 3.57. The number of sulfonamides is 1. The van der Waals surface area contributed by atoms with E-state index in [4.69, 9.17) is 4.42 Å². The number of nitrogens with zero attached hydrogens (tertiary/aromatic N) is 3. The van der Waals surface area contributed by atoms with Gasteiger partial charge in [-0.05, 0) is 37.8 Å². The van der Waals surface area contributed by atoms with Gasteiger partial charge in [0.2, 0.25) is 15.9 Å². The van der Waals surface area contributed by atoms with Crippen molar-refractivity contribution in [3.8, 4) is 0 Å². The number of fused-ring (bicyclic) bond motifs is 2. The molecule has 2 fully saturated rings. The molecule has 0 saturated carbocycles. The first-order chi connectivity index (χ1) is 18.5. The van der Waals surface area contributed by atoms with Crippen molar-refractivity contribution in [2.75, 3.05) is 13.1 Å². The molecule has 3 unspecified atom stereocenters. The van der Waals surface area contributed by atoms with E-state index in [0.717, 1.165) is 15.9 Å². The van der Waals surface area contributed by atoms with Crippen molar-refractivity contribution in [3.05, 3.63) is 65.3 Å². The molecule has 2 aromatic heterocycles. The SMILES string of the molecule is Cc1c(C(=O)NC(CC(C)C)C(=O)N2CCC3C2C(=O)CN3S(=O)(=O)c2ccc[n+]([O-])c2)oc2ccccc12. The number of ketones is 1. The Balaban J connectivity index is 1.38. The molecule has 12 heteroatoms. The highest BCUT2D eigenvalue weighted by Crippen LogP contribution is 2.34. The first kappa shape index (κ1) is 26.8. The molecule has 39 heavy (non-hydrogen) atoms. The summed E-state index contributed by atoms with van der Waals surface area (Å²) in [5.74, 6) is -1.21. The van der Waals surface area contributed by atoms with E-state index in [1.807, 2.05) is 26.0 Å². The molecule has 2 aliphatic rings. The maximum Gasteiger partial charge on any atom is 0.287 e. The summed E-state index contributed by atoms with van der Waals surface area (Å²) in [7, 11) is -4.14. The van der Waals surface area contributed by atoms with Crippen LogP contribution in [0.3, 0.4) is 0 Å². The van der Waals surface area contributed by atoms with Gasteiger partial charge in [0, 0.05) is 23.6 Å². The Morgan fingerprint density at radius 2 is 1.95 bits per heavy atom. The van der Waals surface area contributed by atoms with E-state index in [1.54, 1.807) is 19.1 Å². The smallest absolute Gasteiger partial charge is 0.287 e. The molecule has 3 atom stereocenters. The molecule has 2 saturated heterocycles. The Labute approximate surface area is 226 Å². The van der Waals surface area contributed by atoms with E-state index in [2.05, 4.69) is 5.32 Å². The Hall–Kier alpha value is -3.77. The Morgan fingerprint density at radius 3 is 2.64 bits per heavy atom. The lowest BCUT2D eigenvalue weighted by Gasteiger charge is -2.29. The highest BCUT2D eigenvalue weighted by atomic mass is 32.2. The van der Waals surface area contributed by atoms with Gasteiger partial charge in [0.25, 0.3) is 5.91 Å². The molecule has 2 amide bonds. The number of hydrogen-bond donors (Lipinski definition) is 1. The molecular formula is C27H30N4O7S. The molecule has 3 aromatic rings. The number of hydrogen-bond acceptors (Lipinski definition) is 7. The number of carbonyl (C=O) groups excluding carboxylic acids is 3. The third kappa shape index (κ3) is 4.78. The standard InChI is InChI=1S/C27H30N4O7S/c1-16(2)13-20(28-26(33)25-17(3)19-8-4-5-9-23(19)38-25)27(34)30-12-10-21-24(30)22(32)15-31(21)39(36,37)18-7-6-11-29(35)14-18/h4-9,11,14,16,20-21,24H,10,12-13,15H2,1-3H3,(H,28,33). The second-order valence-corrected chi connectivity index (χ2v) is 12.3. The van der Waals surface area contributed by atoms with Crippen LogP contribution in [0.4, 0.5) is 0 Å². The molecule has 0 aliphatic carbocycles. The number of rotatable bonds is 7. The number of likely N-dealkylation sites (tertiary alicyclic amines) is 1.